The summed E-state index contributed by atoms with van der Waals surface area (Å²) in [6, 6.07) is 8.30. The van der Waals surface area contributed by atoms with E-state index in [-0.39, 0.29) is 0 Å². The van der Waals surface area contributed by atoms with Crippen molar-refractivity contribution in [3.8, 4) is 5.75 Å². The molecule has 0 saturated carbocycles. The number of hydrogen-bond donors (Lipinski definition) is 1. The Hall–Kier alpha value is -1.16. The number of benzene rings is 1. The van der Waals surface area contributed by atoms with Gasteiger partial charge in [0.15, 0.2) is 5.17 Å². The van der Waals surface area contributed by atoms with Crippen LogP contribution in [0.5, 0.6) is 5.75 Å². The molecule has 1 aliphatic heterocycles. The predicted octanol–water partition coefficient (Wildman–Crippen LogP) is 3.38. The fourth-order valence-corrected chi connectivity index (χ4v) is 3.09. The van der Waals surface area contributed by atoms with Crippen LogP contribution in [0.25, 0.3) is 0 Å². The zero-order valence-electron chi connectivity index (χ0n) is 10.4. The molecule has 0 aromatic heterocycles. The van der Waals surface area contributed by atoms with Crippen LogP contribution in [-0.2, 0) is 0 Å². The summed E-state index contributed by atoms with van der Waals surface area (Å²) in [5, 5.41) is 4.95. The Kier molecular flexibility index (Phi) is 3.94. The maximum atomic E-state index is 5.31. The molecule has 3 nitrogen and oxygen atoms in total. The van der Waals surface area contributed by atoms with Gasteiger partial charge in [-0.25, -0.2) is 0 Å². The lowest BCUT2D eigenvalue weighted by Crippen LogP contribution is -2.22. The van der Waals surface area contributed by atoms with E-state index in [2.05, 4.69) is 24.2 Å². The molecule has 92 valence electrons. The van der Waals surface area contributed by atoms with Crippen molar-refractivity contribution in [2.24, 2.45) is 4.99 Å². The zero-order valence-corrected chi connectivity index (χ0v) is 11.3. The Morgan fingerprint density at radius 2 is 2.12 bits per heavy atom. The van der Waals surface area contributed by atoms with Gasteiger partial charge in [-0.15, -0.1) is 0 Å². The number of hydrogen-bond acceptors (Lipinski definition) is 4. The van der Waals surface area contributed by atoms with Gasteiger partial charge in [0, 0.05) is 5.25 Å². The number of amidine groups is 1. The van der Waals surface area contributed by atoms with Crippen LogP contribution in [-0.4, -0.2) is 23.6 Å². The summed E-state index contributed by atoms with van der Waals surface area (Å²) < 4.78 is 5.31. The monoisotopic (exact) mass is 250 g/mol. The quantitative estimate of drug-likeness (QED) is 0.873. The highest BCUT2D eigenvalue weighted by Gasteiger charge is 2.19. The number of thioether (sulfide) groups is 1. The normalized spacial score (nSPS) is 24.1. The van der Waals surface area contributed by atoms with Crippen molar-refractivity contribution >= 4 is 22.6 Å². The molecule has 17 heavy (non-hydrogen) atoms. The standard InChI is InChI=1S/C13H18N2OS/c1-9-8-10(2)17-13(14-9)15-11-6-4-5-7-12(11)16-3/h4-7,9-10H,8H2,1-3H3,(H,14,15). The minimum Gasteiger partial charge on any atom is -0.495 e. The van der Waals surface area contributed by atoms with Gasteiger partial charge in [0.05, 0.1) is 18.8 Å². The molecule has 2 rings (SSSR count). The first-order valence-corrected chi connectivity index (χ1v) is 6.71. The SMILES string of the molecule is COc1ccccc1NC1=NC(C)CC(C)S1. The molecular weight excluding hydrogens is 232 g/mol. The van der Waals surface area contributed by atoms with Crippen LogP contribution in [0.3, 0.4) is 0 Å². The maximum absolute atomic E-state index is 5.31. The molecule has 0 aliphatic carbocycles. The Balaban J connectivity index is 2.15. The first kappa shape index (κ1) is 12.3. The molecule has 0 bridgehead atoms. The van der Waals surface area contributed by atoms with Crippen LogP contribution >= 0.6 is 11.8 Å². The Bertz CT molecular complexity index is 420. The molecule has 1 heterocycles. The van der Waals surface area contributed by atoms with Gasteiger partial charge in [0.25, 0.3) is 0 Å². The number of rotatable bonds is 2. The van der Waals surface area contributed by atoms with Crippen LogP contribution in [0.4, 0.5) is 5.69 Å². The molecular formula is C13H18N2OS. The minimum absolute atomic E-state index is 0.392. The Labute approximate surface area is 107 Å². The van der Waals surface area contributed by atoms with Crippen LogP contribution in [0, 0.1) is 0 Å². The summed E-state index contributed by atoms with van der Waals surface area (Å²) in [6.45, 7) is 4.39. The van der Waals surface area contributed by atoms with Gasteiger partial charge in [-0.2, -0.15) is 0 Å². The van der Waals surface area contributed by atoms with Crippen molar-refractivity contribution in [3.05, 3.63) is 24.3 Å². The van der Waals surface area contributed by atoms with Crippen molar-refractivity contribution in [1.82, 2.24) is 0 Å². The second-order valence-corrected chi connectivity index (χ2v) is 5.70. The van der Waals surface area contributed by atoms with Gasteiger partial charge < -0.3 is 10.1 Å². The van der Waals surface area contributed by atoms with Crippen LogP contribution < -0.4 is 10.1 Å². The molecule has 1 N–H and O–H groups in total. The molecule has 1 aromatic rings. The smallest absolute Gasteiger partial charge is 0.161 e. The van der Waals surface area contributed by atoms with Crippen molar-refractivity contribution in [2.75, 3.05) is 12.4 Å². The molecule has 2 unspecified atom stereocenters. The summed E-state index contributed by atoms with van der Waals surface area (Å²) in [5.41, 5.74) is 0.975. The molecule has 0 spiro atoms. The number of methoxy groups -OCH3 is 1. The zero-order chi connectivity index (χ0) is 12.3. The van der Waals surface area contributed by atoms with E-state index in [1.807, 2.05) is 24.3 Å². The lowest BCUT2D eigenvalue weighted by atomic mass is 10.2. The molecule has 4 heteroatoms. The number of ether oxygens (including phenoxy) is 1. The highest BCUT2D eigenvalue weighted by atomic mass is 32.2. The van der Waals surface area contributed by atoms with Gasteiger partial charge in [0.2, 0.25) is 0 Å². The van der Waals surface area contributed by atoms with E-state index in [0.29, 0.717) is 11.3 Å². The average Bonchev–Trinajstić information content (AvgIpc) is 2.28. The van der Waals surface area contributed by atoms with Crippen molar-refractivity contribution < 1.29 is 4.74 Å². The van der Waals surface area contributed by atoms with Crippen molar-refractivity contribution in [1.29, 1.82) is 0 Å². The number of nitrogens with zero attached hydrogens (tertiary/aromatic N) is 1. The maximum Gasteiger partial charge on any atom is 0.161 e. The number of aliphatic imine (C=N–C) groups is 1. The fourth-order valence-electron chi connectivity index (χ4n) is 1.93. The highest BCUT2D eigenvalue weighted by Crippen LogP contribution is 2.29. The van der Waals surface area contributed by atoms with Gasteiger partial charge in [-0.05, 0) is 25.5 Å². The summed E-state index contributed by atoms with van der Waals surface area (Å²) >= 11 is 1.79. The minimum atomic E-state index is 0.392. The van der Waals surface area contributed by atoms with E-state index in [9.17, 15) is 0 Å². The van der Waals surface area contributed by atoms with Crippen molar-refractivity contribution in [2.45, 2.75) is 31.6 Å². The van der Waals surface area contributed by atoms with E-state index in [1.54, 1.807) is 18.9 Å². The predicted molar refractivity (Wildman–Crippen MR) is 75.2 cm³/mol. The van der Waals surface area contributed by atoms with Crippen LogP contribution in [0.1, 0.15) is 20.3 Å². The molecule has 0 radical (unpaired) electrons. The molecule has 0 fully saturated rings. The van der Waals surface area contributed by atoms with Crippen molar-refractivity contribution in [3.63, 3.8) is 0 Å². The van der Waals surface area contributed by atoms with E-state index in [4.69, 9.17) is 4.74 Å². The third kappa shape index (κ3) is 3.16. The van der Waals surface area contributed by atoms with E-state index >= 15 is 0 Å². The third-order valence-electron chi connectivity index (χ3n) is 2.67. The number of nitrogens with one attached hydrogen (secondary N) is 1. The first-order valence-electron chi connectivity index (χ1n) is 5.83. The van der Waals surface area contributed by atoms with Gasteiger partial charge in [-0.1, -0.05) is 30.8 Å². The lowest BCUT2D eigenvalue weighted by molar-refractivity contribution is 0.417. The van der Waals surface area contributed by atoms with Crippen LogP contribution in [0.15, 0.2) is 29.3 Å². The highest BCUT2D eigenvalue weighted by molar-refractivity contribution is 8.14. The number of anilines is 1. The molecule has 2 atom stereocenters. The van der Waals surface area contributed by atoms with E-state index in [0.717, 1.165) is 23.0 Å². The van der Waals surface area contributed by atoms with E-state index in [1.165, 1.54) is 0 Å². The Morgan fingerprint density at radius 1 is 1.35 bits per heavy atom. The molecule has 0 saturated heterocycles. The fraction of sp³-hybridized carbons (Fsp3) is 0.462. The number of para-hydroxylation sites is 2. The van der Waals surface area contributed by atoms with Gasteiger partial charge >= 0.3 is 0 Å². The Morgan fingerprint density at radius 3 is 2.82 bits per heavy atom. The topological polar surface area (TPSA) is 33.6 Å². The third-order valence-corrected chi connectivity index (χ3v) is 3.70. The average molecular weight is 250 g/mol. The van der Waals surface area contributed by atoms with Gasteiger partial charge in [-0.3, -0.25) is 4.99 Å². The molecule has 1 aromatic carbocycles. The largest absolute Gasteiger partial charge is 0.495 e. The molecule has 0 amide bonds. The summed E-state index contributed by atoms with van der Waals surface area (Å²) in [5.74, 6) is 0.849. The van der Waals surface area contributed by atoms with E-state index < -0.39 is 0 Å². The molecule has 1 aliphatic rings. The lowest BCUT2D eigenvalue weighted by Gasteiger charge is -2.23. The summed E-state index contributed by atoms with van der Waals surface area (Å²) in [4.78, 5) is 4.62. The second-order valence-electron chi connectivity index (χ2n) is 4.27. The first-order chi connectivity index (χ1) is 8.19. The summed E-state index contributed by atoms with van der Waals surface area (Å²) in [6.07, 6.45) is 1.14. The van der Waals surface area contributed by atoms with Gasteiger partial charge in [0.1, 0.15) is 5.75 Å². The van der Waals surface area contributed by atoms with Crippen LogP contribution in [0.2, 0.25) is 0 Å². The second kappa shape index (κ2) is 5.45. The summed E-state index contributed by atoms with van der Waals surface area (Å²) in [7, 11) is 1.68.